The normalized spacial score (nSPS) is 17.9. The van der Waals surface area contributed by atoms with Crippen LogP contribution in [0.4, 0.5) is 13.2 Å². The van der Waals surface area contributed by atoms with Gasteiger partial charge < -0.3 is 9.47 Å². The molecule has 0 aliphatic heterocycles. The number of carbonyl (C=O) groups is 1. The Hall–Kier alpha value is -2.42. The summed E-state index contributed by atoms with van der Waals surface area (Å²) in [5.41, 5.74) is 0.810. The molecule has 0 N–H and O–H groups in total. The second-order valence-corrected chi connectivity index (χ2v) is 17.3. The molecule has 1 aromatic carbocycles. The molecule has 9 heteroatoms. The van der Waals surface area contributed by atoms with Crippen molar-refractivity contribution >= 4 is 14.0 Å². The number of alkyl halides is 3. The van der Waals surface area contributed by atoms with E-state index >= 15 is 0 Å². The molecule has 0 saturated heterocycles. The molecule has 0 spiro atoms. The van der Waals surface area contributed by atoms with E-state index in [-0.39, 0.29) is 17.9 Å². The van der Waals surface area contributed by atoms with E-state index in [0.29, 0.717) is 23.9 Å². The highest BCUT2D eigenvalue weighted by Crippen LogP contribution is 2.33. The molecule has 1 aliphatic carbocycles. The van der Waals surface area contributed by atoms with Gasteiger partial charge in [0, 0.05) is 20.1 Å². The number of nitrogens with zero attached hydrogens (tertiary/aromatic N) is 2. The zero-order chi connectivity index (χ0) is 29.0. The molecule has 1 aromatic heterocycles. The highest BCUT2D eigenvalue weighted by molar-refractivity contribution is 6.77. The summed E-state index contributed by atoms with van der Waals surface area (Å²) in [5.74, 6) is 2.24. The van der Waals surface area contributed by atoms with Crippen LogP contribution in [0.2, 0.25) is 25.2 Å². The molecule has 1 aliphatic rings. The molecule has 3 rings (SSSR count). The smallest absolute Gasteiger partial charge is 0.388 e. The van der Waals surface area contributed by atoms with Crippen molar-refractivity contribution in [2.45, 2.75) is 109 Å². The van der Waals surface area contributed by atoms with E-state index in [1.165, 1.54) is 25.7 Å². The van der Waals surface area contributed by atoms with E-state index in [1.54, 1.807) is 24.5 Å². The van der Waals surface area contributed by atoms with Crippen molar-refractivity contribution in [1.82, 2.24) is 9.97 Å². The van der Waals surface area contributed by atoms with Gasteiger partial charge in [-0.3, -0.25) is 4.79 Å². The van der Waals surface area contributed by atoms with Crippen molar-refractivity contribution < 1.29 is 27.4 Å². The number of halogens is 3. The minimum absolute atomic E-state index is 0.0130. The minimum Gasteiger partial charge on any atom is -0.490 e. The van der Waals surface area contributed by atoms with Gasteiger partial charge in [0.1, 0.15) is 5.75 Å². The van der Waals surface area contributed by atoms with Crippen molar-refractivity contribution in [3.8, 4) is 22.9 Å². The fraction of sp³-hybridized carbons (Fsp3) is 0.645. The lowest BCUT2D eigenvalue weighted by Gasteiger charge is -2.27. The van der Waals surface area contributed by atoms with E-state index in [4.69, 9.17) is 9.47 Å². The third-order valence-corrected chi connectivity index (χ3v) is 11.3. The first kappa shape index (κ1) is 32.1. The Labute approximate surface area is 238 Å². The monoisotopic (exact) mass is 578 g/mol. The number of ether oxygens (including phenoxy) is 2. The summed E-state index contributed by atoms with van der Waals surface area (Å²) in [4.78, 5) is 21.4. The lowest BCUT2D eigenvalue weighted by molar-refractivity contribution is -0.140. The maximum atomic E-state index is 12.7. The van der Waals surface area contributed by atoms with Gasteiger partial charge in [0.2, 0.25) is 0 Å². The molecule has 0 amide bonds. The fourth-order valence-electron chi connectivity index (χ4n) is 5.28. The molecule has 0 atom stereocenters. The summed E-state index contributed by atoms with van der Waals surface area (Å²) in [5, 5.41) is 0. The van der Waals surface area contributed by atoms with Crippen molar-refractivity contribution in [2.75, 3.05) is 6.61 Å². The van der Waals surface area contributed by atoms with Crippen LogP contribution in [0.3, 0.4) is 0 Å². The highest BCUT2D eigenvalue weighted by Gasteiger charge is 2.31. The van der Waals surface area contributed by atoms with Crippen LogP contribution in [0.15, 0.2) is 36.7 Å². The fourth-order valence-corrected chi connectivity index (χ4v) is 7.70. The van der Waals surface area contributed by atoms with E-state index in [2.05, 4.69) is 16.9 Å². The summed E-state index contributed by atoms with van der Waals surface area (Å²) in [6.45, 7) is 6.74. The maximum absolute atomic E-state index is 12.7. The number of aromatic nitrogens is 2. The van der Waals surface area contributed by atoms with Crippen molar-refractivity contribution in [3.05, 3.63) is 36.7 Å². The van der Waals surface area contributed by atoms with Crippen LogP contribution in [0, 0.1) is 11.8 Å². The quantitative estimate of drug-likeness (QED) is 0.0912. The van der Waals surface area contributed by atoms with E-state index in [1.807, 2.05) is 25.2 Å². The van der Waals surface area contributed by atoms with E-state index < -0.39 is 20.7 Å². The molecule has 1 heterocycles. The maximum Gasteiger partial charge on any atom is 0.388 e. The Kier molecular flexibility index (Phi) is 12.5. The zero-order valence-electron chi connectivity index (χ0n) is 24.3. The average Bonchev–Trinajstić information content (AvgIpc) is 2.93. The lowest BCUT2D eigenvalue weighted by atomic mass is 9.80. The second kappa shape index (κ2) is 15.5. The van der Waals surface area contributed by atoms with Crippen LogP contribution in [-0.2, 0) is 4.79 Å². The summed E-state index contributed by atoms with van der Waals surface area (Å²) in [7, 11) is -1.85. The number of esters is 1. The Morgan fingerprint density at radius 3 is 2.23 bits per heavy atom. The number of carbonyl (C=O) groups excluding carboxylic acids is 1. The lowest BCUT2D eigenvalue weighted by Crippen LogP contribution is -2.27. The Bertz CT molecular complexity index is 1020. The molecule has 5 nitrogen and oxygen atoms in total. The number of hydrogen-bond acceptors (Lipinski definition) is 5. The first-order valence-corrected chi connectivity index (χ1v) is 18.3. The standard InChI is InChI=1S/C31H45F3N2O3Si/c1-4-5-6-9-24-10-12-26(13-11-24)30(37)39-27-16-14-25(15-17-27)29-35-22-28(23-36-29)38-19-7-8-20-40(2,3)21-18-31(32,33)34/h14-17,22-24,26H,4-13,18-21H2,1-3H3/t24-,26-. The van der Waals surface area contributed by atoms with Crippen LogP contribution < -0.4 is 9.47 Å². The molecule has 1 saturated carbocycles. The first-order valence-electron chi connectivity index (χ1n) is 14.9. The number of hydrogen-bond donors (Lipinski definition) is 0. The van der Waals surface area contributed by atoms with Gasteiger partial charge in [0.15, 0.2) is 11.6 Å². The van der Waals surface area contributed by atoms with Gasteiger partial charge in [-0.15, -0.1) is 0 Å². The zero-order valence-corrected chi connectivity index (χ0v) is 25.3. The SMILES string of the molecule is CCCCC[C@H]1CC[C@H](C(=O)Oc2ccc(-c3ncc(OCCCC[Si](C)(C)CCC(F)(F)F)cn3)cc2)CC1. The summed E-state index contributed by atoms with van der Waals surface area (Å²) >= 11 is 0. The third-order valence-electron chi connectivity index (χ3n) is 7.96. The van der Waals surface area contributed by atoms with Gasteiger partial charge in [-0.25, -0.2) is 9.97 Å². The Morgan fingerprint density at radius 2 is 1.60 bits per heavy atom. The van der Waals surface area contributed by atoms with Gasteiger partial charge >= 0.3 is 12.1 Å². The topological polar surface area (TPSA) is 61.3 Å². The molecular weight excluding hydrogens is 533 g/mol. The predicted octanol–water partition coefficient (Wildman–Crippen LogP) is 9.26. The Balaban J connectivity index is 1.37. The van der Waals surface area contributed by atoms with Crippen molar-refractivity contribution in [1.29, 1.82) is 0 Å². The summed E-state index contributed by atoms with van der Waals surface area (Å²) in [6.07, 6.45) is 9.30. The highest BCUT2D eigenvalue weighted by atomic mass is 28.3. The first-order chi connectivity index (χ1) is 19.0. The van der Waals surface area contributed by atoms with Crippen LogP contribution >= 0.6 is 0 Å². The number of unbranched alkanes of at least 4 members (excludes halogenated alkanes) is 3. The average molecular weight is 579 g/mol. The number of rotatable bonds is 15. The van der Waals surface area contributed by atoms with Crippen LogP contribution in [0.1, 0.15) is 77.6 Å². The largest absolute Gasteiger partial charge is 0.490 e. The second-order valence-electron chi connectivity index (χ2n) is 12.0. The molecule has 0 bridgehead atoms. The van der Waals surface area contributed by atoms with Gasteiger partial charge in [0.05, 0.1) is 24.9 Å². The summed E-state index contributed by atoms with van der Waals surface area (Å²) < 4.78 is 48.9. The van der Waals surface area contributed by atoms with Crippen LogP contribution in [0.5, 0.6) is 11.5 Å². The molecule has 2 aromatic rings. The Morgan fingerprint density at radius 1 is 0.925 bits per heavy atom. The molecule has 0 unspecified atom stereocenters. The van der Waals surface area contributed by atoms with Gasteiger partial charge in [0.25, 0.3) is 0 Å². The van der Waals surface area contributed by atoms with Gasteiger partial charge in [-0.1, -0.05) is 58.2 Å². The van der Waals surface area contributed by atoms with Crippen LogP contribution in [0.25, 0.3) is 11.4 Å². The van der Waals surface area contributed by atoms with Crippen LogP contribution in [-0.4, -0.2) is 36.8 Å². The van der Waals surface area contributed by atoms with Gasteiger partial charge in [-0.2, -0.15) is 13.2 Å². The molecule has 222 valence electrons. The van der Waals surface area contributed by atoms with E-state index in [9.17, 15) is 18.0 Å². The van der Waals surface area contributed by atoms with Crippen molar-refractivity contribution in [2.24, 2.45) is 11.8 Å². The molecule has 1 fully saturated rings. The molecule has 40 heavy (non-hydrogen) atoms. The van der Waals surface area contributed by atoms with Gasteiger partial charge in [-0.05, 0) is 68.3 Å². The molecule has 0 radical (unpaired) electrons. The van der Waals surface area contributed by atoms with E-state index in [0.717, 1.165) is 56.1 Å². The summed E-state index contributed by atoms with van der Waals surface area (Å²) in [6, 6.07) is 8.36. The molecular formula is C31H45F3N2O3Si. The minimum atomic E-state index is -4.07. The predicted molar refractivity (Wildman–Crippen MR) is 155 cm³/mol. The van der Waals surface area contributed by atoms with Crippen molar-refractivity contribution in [3.63, 3.8) is 0 Å². The third kappa shape index (κ3) is 11.6. The number of benzene rings is 1.